The average molecular weight is 307 g/mol. The fourth-order valence-corrected chi connectivity index (χ4v) is 4.27. The Morgan fingerprint density at radius 1 is 1.00 bits per heavy atom. The third-order valence-corrected chi connectivity index (χ3v) is 5.63. The van der Waals surface area contributed by atoms with Gasteiger partial charge < -0.3 is 0 Å². The van der Waals surface area contributed by atoms with E-state index in [-0.39, 0.29) is 5.38 Å². The van der Waals surface area contributed by atoms with Gasteiger partial charge in [0.05, 0.1) is 5.38 Å². The van der Waals surface area contributed by atoms with Crippen LogP contribution in [0.5, 0.6) is 0 Å². The molecule has 0 amide bonds. The van der Waals surface area contributed by atoms with Crippen molar-refractivity contribution in [3.8, 4) is 0 Å². The van der Waals surface area contributed by atoms with Crippen LogP contribution in [-0.4, -0.2) is 0 Å². The zero-order chi connectivity index (χ0) is 15.2. The van der Waals surface area contributed by atoms with Crippen LogP contribution in [0.25, 0.3) is 0 Å². The van der Waals surface area contributed by atoms with Crippen molar-refractivity contribution in [3.05, 3.63) is 34.4 Å². The lowest BCUT2D eigenvalue weighted by molar-refractivity contribution is 0.479. The first-order valence-corrected chi connectivity index (χ1v) is 9.41. The zero-order valence-corrected chi connectivity index (χ0v) is 14.8. The van der Waals surface area contributed by atoms with Crippen LogP contribution in [-0.2, 0) is 19.3 Å². The molecule has 1 heteroatoms. The summed E-state index contributed by atoms with van der Waals surface area (Å²) in [5.41, 5.74) is 5.89. The number of hydrogen-bond acceptors (Lipinski definition) is 0. The summed E-state index contributed by atoms with van der Waals surface area (Å²) >= 11 is 6.85. The normalized spacial score (nSPS) is 17.3. The first-order chi connectivity index (χ1) is 10.2. The Balaban J connectivity index is 2.15. The van der Waals surface area contributed by atoms with Crippen LogP contribution in [0.1, 0.15) is 86.9 Å². The second-order valence-corrected chi connectivity index (χ2v) is 7.11. The highest BCUT2D eigenvalue weighted by Gasteiger charge is 2.20. The molecule has 0 aromatic heterocycles. The highest BCUT2D eigenvalue weighted by Crippen LogP contribution is 2.37. The van der Waals surface area contributed by atoms with Crippen molar-refractivity contribution in [3.63, 3.8) is 0 Å². The monoisotopic (exact) mass is 306 g/mol. The van der Waals surface area contributed by atoms with Crippen LogP contribution in [0.15, 0.2) is 12.1 Å². The molecule has 1 unspecified atom stereocenters. The van der Waals surface area contributed by atoms with Gasteiger partial charge in [-0.05, 0) is 60.3 Å². The van der Waals surface area contributed by atoms with Gasteiger partial charge in [-0.1, -0.05) is 58.6 Å². The summed E-state index contributed by atoms with van der Waals surface area (Å²) in [6.07, 6.45) is 11.5. The number of rotatable bonds is 7. The predicted octanol–water partition coefficient (Wildman–Crippen LogP) is 6.62. The molecule has 118 valence electrons. The van der Waals surface area contributed by atoms with E-state index in [2.05, 4.69) is 32.9 Å². The van der Waals surface area contributed by atoms with Crippen molar-refractivity contribution in [1.29, 1.82) is 0 Å². The van der Waals surface area contributed by atoms with Gasteiger partial charge >= 0.3 is 0 Å². The average Bonchev–Trinajstić information content (AvgIpc) is 3.04. The van der Waals surface area contributed by atoms with Gasteiger partial charge in [0.15, 0.2) is 0 Å². The summed E-state index contributed by atoms with van der Waals surface area (Å²) in [6, 6.07) is 4.78. The molecule has 0 heterocycles. The van der Waals surface area contributed by atoms with Crippen LogP contribution < -0.4 is 0 Å². The Labute approximate surface area is 136 Å². The Kier molecular flexibility index (Phi) is 6.61. The van der Waals surface area contributed by atoms with Crippen LogP contribution in [0, 0.1) is 5.92 Å². The Hall–Kier alpha value is -0.490. The van der Waals surface area contributed by atoms with Gasteiger partial charge in [-0.3, -0.25) is 0 Å². The molecule has 0 aliphatic heterocycles. The van der Waals surface area contributed by atoms with E-state index >= 15 is 0 Å². The van der Waals surface area contributed by atoms with E-state index in [1.54, 1.807) is 0 Å². The molecule has 0 saturated heterocycles. The molecule has 1 fully saturated rings. The molecule has 1 saturated carbocycles. The van der Waals surface area contributed by atoms with E-state index in [1.165, 1.54) is 54.4 Å². The number of benzene rings is 1. The summed E-state index contributed by atoms with van der Waals surface area (Å²) in [7, 11) is 0. The zero-order valence-electron chi connectivity index (χ0n) is 14.1. The molecule has 0 radical (unpaired) electrons. The second kappa shape index (κ2) is 8.22. The lowest BCUT2D eigenvalue weighted by atomic mass is 9.89. The Bertz CT molecular complexity index is 418. The second-order valence-electron chi connectivity index (χ2n) is 6.58. The number of hydrogen-bond donors (Lipinski definition) is 0. The molecular formula is C20H31Cl. The standard InChI is InChI=1S/C20H31Cl/c1-4-15-13-17(5-2)20(18(6-3)14-15)19(21)12-11-16-9-7-8-10-16/h13-14,16,19H,4-12H2,1-3H3. The predicted molar refractivity (Wildman–Crippen MR) is 94.4 cm³/mol. The van der Waals surface area contributed by atoms with E-state index in [9.17, 15) is 0 Å². The van der Waals surface area contributed by atoms with E-state index in [4.69, 9.17) is 11.6 Å². The van der Waals surface area contributed by atoms with Gasteiger partial charge in [-0.2, -0.15) is 0 Å². The lowest BCUT2D eigenvalue weighted by Crippen LogP contribution is -2.05. The molecule has 1 atom stereocenters. The lowest BCUT2D eigenvalue weighted by Gasteiger charge is -2.21. The third-order valence-electron chi connectivity index (χ3n) is 5.20. The number of aryl methyl sites for hydroxylation is 3. The van der Waals surface area contributed by atoms with Crippen molar-refractivity contribution in [2.75, 3.05) is 0 Å². The van der Waals surface area contributed by atoms with Gasteiger partial charge in [0.2, 0.25) is 0 Å². The number of halogens is 1. The molecule has 2 rings (SSSR count). The maximum Gasteiger partial charge on any atom is 0.0590 e. The van der Waals surface area contributed by atoms with Crippen molar-refractivity contribution in [2.45, 2.75) is 83.9 Å². The van der Waals surface area contributed by atoms with Crippen molar-refractivity contribution in [1.82, 2.24) is 0 Å². The van der Waals surface area contributed by atoms with E-state index in [1.807, 2.05) is 0 Å². The van der Waals surface area contributed by atoms with Gasteiger partial charge in [0, 0.05) is 0 Å². The van der Waals surface area contributed by atoms with Crippen LogP contribution in [0.4, 0.5) is 0 Å². The summed E-state index contributed by atoms with van der Waals surface area (Å²) < 4.78 is 0. The summed E-state index contributed by atoms with van der Waals surface area (Å²) in [5.74, 6) is 0.941. The molecule has 1 aromatic carbocycles. The van der Waals surface area contributed by atoms with Gasteiger partial charge in [0.25, 0.3) is 0 Å². The third kappa shape index (κ3) is 4.25. The number of alkyl halides is 1. The molecule has 1 aromatic rings. The van der Waals surface area contributed by atoms with E-state index in [0.717, 1.165) is 31.6 Å². The smallest absolute Gasteiger partial charge is 0.0590 e. The molecule has 0 N–H and O–H groups in total. The minimum atomic E-state index is 0.210. The maximum atomic E-state index is 6.85. The van der Waals surface area contributed by atoms with Crippen LogP contribution in [0.2, 0.25) is 0 Å². The topological polar surface area (TPSA) is 0 Å². The molecule has 0 spiro atoms. The molecule has 1 aliphatic rings. The SMILES string of the molecule is CCc1cc(CC)c(C(Cl)CCC2CCCC2)c(CC)c1. The first kappa shape index (κ1) is 16.9. The minimum Gasteiger partial charge on any atom is -0.118 e. The fraction of sp³-hybridized carbons (Fsp3) is 0.700. The summed E-state index contributed by atoms with van der Waals surface area (Å²) in [4.78, 5) is 0. The van der Waals surface area contributed by atoms with Gasteiger partial charge in [0.1, 0.15) is 0 Å². The summed E-state index contributed by atoms with van der Waals surface area (Å²) in [6.45, 7) is 6.77. The molecule has 1 aliphatic carbocycles. The molecular weight excluding hydrogens is 276 g/mol. The highest BCUT2D eigenvalue weighted by atomic mass is 35.5. The minimum absolute atomic E-state index is 0.210. The summed E-state index contributed by atoms with van der Waals surface area (Å²) in [5, 5.41) is 0.210. The molecule has 0 bridgehead atoms. The van der Waals surface area contributed by atoms with Crippen molar-refractivity contribution >= 4 is 11.6 Å². The van der Waals surface area contributed by atoms with Crippen LogP contribution >= 0.6 is 11.6 Å². The maximum absolute atomic E-state index is 6.85. The van der Waals surface area contributed by atoms with E-state index in [0.29, 0.717) is 0 Å². The fourth-order valence-electron chi connectivity index (χ4n) is 3.87. The highest BCUT2D eigenvalue weighted by molar-refractivity contribution is 6.21. The van der Waals surface area contributed by atoms with Crippen molar-refractivity contribution < 1.29 is 0 Å². The Morgan fingerprint density at radius 2 is 1.57 bits per heavy atom. The van der Waals surface area contributed by atoms with Gasteiger partial charge in [-0.25, -0.2) is 0 Å². The first-order valence-electron chi connectivity index (χ1n) is 8.98. The van der Waals surface area contributed by atoms with Crippen molar-refractivity contribution in [2.24, 2.45) is 5.92 Å². The van der Waals surface area contributed by atoms with Gasteiger partial charge in [-0.15, -0.1) is 11.6 Å². The largest absolute Gasteiger partial charge is 0.118 e. The van der Waals surface area contributed by atoms with E-state index < -0.39 is 0 Å². The van der Waals surface area contributed by atoms with Crippen LogP contribution in [0.3, 0.4) is 0 Å². The quantitative estimate of drug-likeness (QED) is 0.496. The molecule has 0 nitrogen and oxygen atoms in total. The molecule has 21 heavy (non-hydrogen) atoms. The Morgan fingerprint density at radius 3 is 2.05 bits per heavy atom.